The number of rotatable bonds is 4. The van der Waals surface area contributed by atoms with Crippen LogP contribution >= 0.6 is 34.8 Å². The normalized spacial score (nSPS) is 18.2. The predicted octanol–water partition coefficient (Wildman–Crippen LogP) is 3.35. The van der Waals surface area contributed by atoms with Crippen molar-refractivity contribution >= 4 is 34.8 Å². The van der Waals surface area contributed by atoms with Gasteiger partial charge in [-0.1, -0.05) is 29.3 Å². The lowest BCUT2D eigenvalue weighted by molar-refractivity contribution is 0.132. The lowest BCUT2D eigenvalue weighted by Crippen LogP contribution is -2.46. The Bertz CT molecular complexity index is 390. The molecule has 0 radical (unpaired) electrons. The molecule has 2 nitrogen and oxygen atoms in total. The SMILES string of the molecule is ClCCN1CCN(Cc2ccc(Cl)cc2Cl)CC1. The van der Waals surface area contributed by atoms with Gasteiger partial charge in [0, 0.05) is 55.2 Å². The molecule has 18 heavy (non-hydrogen) atoms. The van der Waals surface area contributed by atoms with E-state index in [9.17, 15) is 0 Å². The van der Waals surface area contributed by atoms with E-state index in [0.29, 0.717) is 10.9 Å². The fraction of sp³-hybridized carbons (Fsp3) is 0.538. The van der Waals surface area contributed by atoms with Crippen LogP contribution in [0.1, 0.15) is 5.56 Å². The average molecular weight is 308 g/mol. The minimum Gasteiger partial charge on any atom is -0.300 e. The van der Waals surface area contributed by atoms with Crippen LogP contribution in [0.4, 0.5) is 0 Å². The summed E-state index contributed by atoms with van der Waals surface area (Å²) in [4.78, 5) is 4.81. The van der Waals surface area contributed by atoms with Gasteiger partial charge < -0.3 is 0 Å². The second-order valence-electron chi connectivity index (χ2n) is 4.54. The van der Waals surface area contributed by atoms with Crippen LogP contribution in [0.3, 0.4) is 0 Å². The third-order valence-corrected chi connectivity index (χ3v) is 4.03. The van der Waals surface area contributed by atoms with Crippen LogP contribution in [-0.2, 0) is 6.54 Å². The third kappa shape index (κ3) is 4.01. The molecular weight excluding hydrogens is 291 g/mol. The van der Waals surface area contributed by atoms with Crippen molar-refractivity contribution in [3.05, 3.63) is 33.8 Å². The van der Waals surface area contributed by atoms with Crippen LogP contribution in [0.2, 0.25) is 10.0 Å². The fourth-order valence-electron chi connectivity index (χ4n) is 2.18. The molecule has 0 spiro atoms. The highest BCUT2D eigenvalue weighted by atomic mass is 35.5. The molecular formula is C13H17Cl3N2. The molecule has 1 fully saturated rings. The lowest BCUT2D eigenvalue weighted by Gasteiger charge is -2.34. The van der Waals surface area contributed by atoms with Gasteiger partial charge in [0.25, 0.3) is 0 Å². The number of halogens is 3. The van der Waals surface area contributed by atoms with Crippen LogP contribution < -0.4 is 0 Å². The minimum atomic E-state index is 0.690. The highest BCUT2D eigenvalue weighted by molar-refractivity contribution is 6.35. The van der Waals surface area contributed by atoms with E-state index in [1.807, 2.05) is 18.2 Å². The molecule has 0 aromatic heterocycles. The molecule has 0 amide bonds. The van der Waals surface area contributed by atoms with Crippen molar-refractivity contribution in [2.45, 2.75) is 6.54 Å². The molecule has 0 unspecified atom stereocenters. The third-order valence-electron chi connectivity index (χ3n) is 3.27. The van der Waals surface area contributed by atoms with Gasteiger partial charge in [0.1, 0.15) is 0 Å². The fourth-order valence-corrected chi connectivity index (χ4v) is 2.89. The zero-order chi connectivity index (χ0) is 13.0. The van der Waals surface area contributed by atoms with Crippen LogP contribution in [0.5, 0.6) is 0 Å². The average Bonchev–Trinajstić information content (AvgIpc) is 2.35. The van der Waals surface area contributed by atoms with E-state index >= 15 is 0 Å². The van der Waals surface area contributed by atoms with Crippen LogP contribution in [0.25, 0.3) is 0 Å². The molecule has 5 heteroatoms. The Morgan fingerprint density at radius 2 is 1.67 bits per heavy atom. The zero-order valence-electron chi connectivity index (χ0n) is 10.2. The number of hydrogen-bond acceptors (Lipinski definition) is 2. The van der Waals surface area contributed by atoms with E-state index in [1.54, 1.807) is 0 Å². The summed E-state index contributed by atoms with van der Waals surface area (Å²) in [5.41, 5.74) is 1.15. The van der Waals surface area contributed by atoms with E-state index in [4.69, 9.17) is 34.8 Å². The summed E-state index contributed by atoms with van der Waals surface area (Å²) in [7, 11) is 0. The van der Waals surface area contributed by atoms with Crippen molar-refractivity contribution in [2.24, 2.45) is 0 Å². The summed E-state index contributed by atoms with van der Waals surface area (Å²) in [6.07, 6.45) is 0. The van der Waals surface area contributed by atoms with Crippen molar-refractivity contribution in [3.8, 4) is 0 Å². The zero-order valence-corrected chi connectivity index (χ0v) is 12.5. The minimum absolute atomic E-state index is 0.690. The Balaban J connectivity index is 1.87. The summed E-state index contributed by atoms with van der Waals surface area (Å²) in [5, 5.41) is 1.45. The summed E-state index contributed by atoms with van der Waals surface area (Å²) in [6.45, 7) is 6.17. The Morgan fingerprint density at radius 1 is 1.00 bits per heavy atom. The van der Waals surface area contributed by atoms with Crippen molar-refractivity contribution in [2.75, 3.05) is 38.6 Å². The Kier molecular flexibility index (Phi) is 5.58. The van der Waals surface area contributed by atoms with Gasteiger partial charge in [-0.25, -0.2) is 0 Å². The maximum Gasteiger partial charge on any atom is 0.0465 e. The molecule has 100 valence electrons. The maximum atomic E-state index is 6.19. The highest BCUT2D eigenvalue weighted by Crippen LogP contribution is 2.22. The molecule has 2 rings (SSSR count). The molecule has 1 aromatic rings. The van der Waals surface area contributed by atoms with Crippen LogP contribution in [-0.4, -0.2) is 48.4 Å². The molecule has 0 aliphatic carbocycles. The van der Waals surface area contributed by atoms with E-state index in [-0.39, 0.29) is 0 Å². The molecule has 1 aromatic carbocycles. The predicted molar refractivity (Wildman–Crippen MR) is 78.9 cm³/mol. The van der Waals surface area contributed by atoms with Crippen molar-refractivity contribution in [1.29, 1.82) is 0 Å². The van der Waals surface area contributed by atoms with Gasteiger partial charge in [0.2, 0.25) is 0 Å². The Hall–Kier alpha value is 0.01000. The number of nitrogens with zero attached hydrogens (tertiary/aromatic N) is 2. The summed E-state index contributed by atoms with van der Waals surface area (Å²) in [6, 6.07) is 5.71. The first-order chi connectivity index (χ1) is 8.69. The summed E-state index contributed by atoms with van der Waals surface area (Å²) in [5.74, 6) is 0.711. The number of alkyl halides is 1. The molecule has 1 aliphatic rings. The van der Waals surface area contributed by atoms with Crippen molar-refractivity contribution < 1.29 is 0 Å². The smallest absolute Gasteiger partial charge is 0.0465 e. The molecule has 0 saturated carbocycles. The molecule has 0 atom stereocenters. The van der Waals surface area contributed by atoms with Gasteiger partial charge in [-0.2, -0.15) is 0 Å². The van der Waals surface area contributed by atoms with Crippen molar-refractivity contribution in [3.63, 3.8) is 0 Å². The van der Waals surface area contributed by atoms with Gasteiger partial charge in [-0.3, -0.25) is 9.80 Å². The number of hydrogen-bond donors (Lipinski definition) is 0. The molecule has 1 aliphatic heterocycles. The monoisotopic (exact) mass is 306 g/mol. The van der Waals surface area contributed by atoms with Gasteiger partial charge in [0.05, 0.1) is 0 Å². The second-order valence-corrected chi connectivity index (χ2v) is 5.76. The highest BCUT2D eigenvalue weighted by Gasteiger charge is 2.17. The summed E-state index contributed by atoms with van der Waals surface area (Å²) >= 11 is 17.8. The summed E-state index contributed by atoms with van der Waals surface area (Å²) < 4.78 is 0. The van der Waals surface area contributed by atoms with Gasteiger partial charge >= 0.3 is 0 Å². The molecule has 0 N–H and O–H groups in total. The standard InChI is InChI=1S/C13H17Cl3N2/c14-3-4-17-5-7-18(8-6-17)10-11-1-2-12(15)9-13(11)16/h1-2,9H,3-8,10H2. The van der Waals surface area contributed by atoms with E-state index in [0.717, 1.165) is 49.9 Å². The van der Waals surface area contributed by atoms with E-state index in [1.165, 1.54) is 0 Å². The number of piperazine rings is 1. The Labute approximate surface area is 123 Å². The first-order valence-corrected chi connectivity index (χ1v) is 7.42. The van der Waals surface area contributed by atoms with Gasteiger partial charge in [-0.05, 0) is 17.7 Å². The first kappa shape index (κ1) is 14.4. The van der Waals surface area contributed by atoms with E-state index in [2.05, 4.69) is 9.80 Å². The quantitative estimate of drug-likeness (QED) is 0.787. The largest absolute Gasteiger partial charge is 0.300 e. The molecule has 0 bridgehead atoms. The second kappa shape index (κ2) is 6.97. The van der Waals surface area contributed by atoms with Gasteiger partial charge in [-0.15, -0.1) is 11.6 Å². The van der Waals surface area contributed by atoms with Gasteiger partial charge in [0.15, 0.2) is 0 Å². The maximum absolute atomic E-state index is 6.19. The first-order valence-electron chi connectivity index (χ1n) is 6.13. The molecule has 1 saturated heterocycles. The molecule has 1 heterocycles. The topological polar surface area (TPSA) is 6.48 Å². The van der Waals surface area contributed by atoms with Crippen LogP contribution in [0.15, 0.2) is 18.2 Å². The number of benzene rings is 1. The van der Waals surface area contributed by atoms with E-state index < -0.39 is 0 Å². The Morgan fingerprint density at radius 3 is 2.28 bits per heavy atom. The van der Waals surface area contributed by atoms with Crippen LogP contribution in [0, 0.1) is 0 Å². The lowest BCUT2D eigenvalue weighted by atomic mass is 10.2. The van der Waals surface area contributed by atoms with Crippen molar-refractivity contribution in [1.82, 2.24) is 9.80 Å².